The Morgan fingerprint density at radius 3 is 2.82 bits per heavy atom. The number of aromatic nitrogens is 1. The standard InChI is InChI=1S/C15H12ClNO5/c1-2-22-15(21)13(19)6-12(18)10-7-17-11-5-8(16)3-4-9(11)14(10)20/h3-7,18H,2H2,1H3,(H,17,20). The third-order valence-electron chi connectivity index (χ3n) is 2.86. The van der Waals surface area contributed by atoms with Crippen molar-refractivity contribution >= 4 is 40.0 Å². The Kier molecular flexibility index (Phi) is 4.62. The van der Waals surface area contributed by atoms with E-state index < -0.39 is 22.9 Å². The van der Waals surface area contributed by atoms with Gasteiger partial charge in [0, 0.05) is 22.7 Å². The van der Waals surface area contributed by atoms with E-state index in [9.17, 15) is 19.5 Å². The summed E-state index contributed by atoms with van der Waals surface area (Å²) >= 11 is 5.83. The van der Waals surface area contributed by atoms with Crippen LogP contribution >= 0.6 is 11.6 Å². The number of pyridine rings is 1. The molecule has 1 heterocycles. The normalized spacial score (nSPS) is 11.5. The first kappa shape index (κ1) is 15.8. The molecule has 0 saturated heterocycles. The third kappa shape index (κ3) is 3.17. The monoisotopic (exact) mass is 321 g/mol. The molecule has 0 atom stereocenters. The lowest BCUT2D eigenvalue weighted by molar-refractivity contribution is -0.151. The number of aliphatic hydroxyl groups is 1. The number of ketones is 1. The summed E-state index contributed by atoms with van der Waals surface area (Å²) in [6.07, 6.45) is 1.90. The maximum atomic E-state index is 12.3. The van der Waals surface area contributed by atoms with E-state index in [0.29, 0.717) is 22.0 Å². The molecule has 0 spiro atoms. The highest BCUT2D eigenvalue weighted by Gasteiger charge is 2.16. The van der Waals surface area contributed by atoms with Crippen LogP contribution in [-0.2, 0) is 14.3 Å². The molecule has 0 saturated carbocycles. The van der Waals surface area contributed by atoms with Crippen molar-refractivity contribution in [2.24, 2.45) is 0 Å². The summed E-state index contributed by atoms with van der Waals surface area (Å²) in [6, 6.07) is 4.60. The largest absolute Gasteiger partial charge is 0.507 e. The molecule has 0 unspecified atom stereocenters. The predicted octanol–water partition coefficient (Wildman–Crippen LogP) is 2.21. The number of aliphatic hydroxyl groups excluding tert-OH is 1. The fourth-order valence-corrected chi connectivity index (χ4v) is 2.02. The van der Waals surface area contributed by atoms with Crippen molar-refractivity contribution < 1.29 is 19.4 Å². The van der Waals surface area contributed by atoms with Gasteiger partial charge in [0.1, 0.15) is 5.76 Å². The molecule has 1 aromatic carbocycles. The van der Waals surface area contributed by atoms with Crippen molar-refractivity contribution in [3.05, 3.63) is 51.3 Å². The molecule has 0 aliphatic rings. The van der Waals surface area contributed by atoms with Crippen LogP contribution in [0, 0.1) is 0 Å². The fourth-order valence-electron chi connectivity index (χ4n) is 1.85. The van der Waals surface area contributed by atoms with Crippen LogP contribution in [-0.4, -0.2) is 28.4 Å². The number of benzene rings is 1. The Labute approximate surface area is 130 Å². The molecule has 2 N–H and O–H groups in total. The Morgan fingerprint density at radius 1 is 1.41 bits per heavy atom. The van der Waals surface area contributed by atoms with Gasteiger partial charge in [-0.25, -0.2) is 4.79 Å². The van der Waals surface area contributed by atoms with Crippen LogP contribution in [0.5, 0.6) is 0 Å². The van der Waals surface area contributed by atoms with E-state index in [4.69, 9.17) is 11.6 Å². The lowest BCUT2D eigenvalue weighted by Crippen LogP contribution is -2.16. The predicted molar refractivity (Wildman–Crippen MR) is 81.8 cm³/mol. The molecule has 0 bridgehead atoms. The molecule has 0 fully saturated rings. The average molecular weight is 322 g/mol. The Balaban J connectivity index is 2.44. The van der Waals surface area contributed by atoms with E-state index >= 15 is 0 Å². The van der Waals surface area contributed by atoms with Crippen LogP contribution in [0.4, 0.5) is 0 Å². The van der Waals surface area contributed by atoms with E-state index in [1.807, 2.05) is 0 Å². The second-order valence-electron chi connectivity index (χ2n) is 4.34. The highest BCUT2D eigenvalue weighted by Crippen LogP contribution is 2.17. The zero-order valence-corrected chi connectivity index (χ0v) is 12.3. The number of halogens is 1. The lowest BCUT2D eigenvalue weighted by atomic mass is 10.1. The molecule has 0 amide bonds. The molecule has 0 aliphatic carbocycles. The molecule has 0 aliphatic heterocycles. The minimum atomic E-state index is -1.10. The summed E-state index contributed by atoms with van der Waals surface area (Å²) < 4.78 is 4.51. The Morgan fingerprint density at radius 2 is 2.14 bits per heavy atom. The van der Waals surface area contributed by atoms with E-state index in [2.05, 4.69) is 9.72 Å². The van der Waals surface area contributed by atoms with Gasteiger partial charge in [0.15, 0.2) is 5.43 Å². The van der Waals surface area contributed by atoms with E-state index in [1.165, 1.54) is 18.3 Å². The number of aromatic amines is 1. The Hall–Kier alpha value is -2.60. The van der Waals surface area contributed by atoms with Gasteiger partial charge >= 0.3 is 5.97 Å². The Bertz CT molecular complexity index is 837. The first-order valence-electron chi connectivity index (χ1n) is 6.37. The quantitative estimate of drug-likeness (QED) is 0.389. The molecule has 22 heavy (non-hydrogen) atoms. The number of nitrogens with one attached hydrogen (secondary N) is 1. The molecule has 0 radical (unpaired) electrons. The van der Waals surface area contributed by atoms with E-state index in [0.717, 1.165) is 0 Å². The summed E-state index contributed by atoms with van der Waals surface area (Å²) in [5.41, 5.74) is -0.130. The van der Waals surface area contributed by atoms with Crippen LogP contribution < -0.4 is 5.43 Å². The topological polar surface area (TPSA) is 96.5 Å². The van der Waals surface area contributed by atoms with Crippen molar-refractivity contribution in [2.45, 2.75) is 6.92 Å². The average Bonchev–Trinajstić information content (AvgIpc) is 2.47. The van der Waals surface area contributed by atoms with Crippen molar-refractivity contribution in [3.63, 3.8) is 0 Å². The SMILES string of the molecule is CCOC(=O)C(=O)C=C(O)c1c[nH]c2cc(Cl)ccc2c1=O. The van der Waals surface area contributed by atoms with Crippen LogP contribution in [0.3, 0.4) is 0 Å². The maximum Gasteiger partial charge on any atom is 0.379 e. The van der Waals surface area contributed by atoms with Gasteiger partial charge in [-0.05, 0) is 25.1 Å². The number of carbonyl (C=O) groups is 2. The van der Waals surface area contributed by atoms with Gasteiger partial charge in [-0.2, -0.15) is 0 Å². The number of hydrogen-bond acceptors (Lipinski definition) is 5. The van der Waals surface area contributed by atoms with Crippen molar-refractivity contribution in [1.29, 1.82) is 0 Å². The summed E-state index contributed by atoms with van der Waals surface area (Å²) in [7, 11) is 0. The third-order valence-corrected chi connectivity index (χ3v) is 3.10. The van der Waals surface area contributed by atoms with Crippen LogP contribution in [0.15, 0.2) is 35.3 Å². The van der Waals surface area contributed by atoms with Gasteiger partial charge in [0.25, 0.3) is 5.78 Å². The fraction of sp³-hybridized carbons (Fsp3) is 0.133. The number of rotatable bonds is 4. The zero-order chi connectivity index (χ0) is 16.3. The second kappa shape index (κ2) is 6.44. The van der Waals surface area contributed by atoms with Crippen molar-refractivity contribution in [2.75, 3.05) is 6.61 Å². The first-order valence-corrected chi connectivity index (χ1v) is 6.75. The molecule has 7 heteroatoms. The van der Waals surface area contributed by atoms with Crippen molar-refractivity contribution in [3.8, 4) is 0 Å². The maximum absolute atomic E-state index is 12.3. The zero-order valence-electron chi connectivity index (χ0n) is 11.6. The number of esters is 1. The number of carbonyl (C=O) groups excluding carboxylic acids is 2. The lowest BCUT2D eigenvalue weighted by Gasteiger charge is -2.03. The molecule has 2 rings (SSSR count). The molecule has 114 valence electrons. The van der Waals surface area contributed by atoms with Crippen LogP contribution in [0.1, 0.15) is 12.5 Å². The smallest absolute Gasteiger partial charge is 0.379 e. The molecule has 6 nitrogen and oxygen atoms in total. The van der Waals surface area contributed by atoms with Gasteiger partial charge in [-0.3, -0.25) is 9.59 Å². The van der Waals surface area contributed by atoms with E-state index in [-0.39, 0.29) is 12.2 Å². The molecule has 2 aromatic rings. The number of hydrogen-bond donors (Lipinski definition) is 2. The highest BCUT2D eigenvalue weighted by molar-refractivity contribution is 6.39. The second-order valence-corrected chi connectivity index (χ2v) is 4.77. The van der Waals surface area contributed by atoms with Gasteiger partial charge in [0.2, 0.25) is 0 Å². The summed E-state index contributed by atoms with van der Waals surface area (Å²) in [4.78, 5) is 37.8. The summed E-state index contributed by atoms with van der Waals surface area (Å²) in [6.45, 7) is 1.59. The molecule has 1 aromatic heterocycles. The van der Waals surface area contributed by atoms with E-state index in [1.54, 1.807) is 13.0 Å². The van der Waals surface area contributed by atoms with Gasteiger partial charge in [-0.1, -0.05) is 11.6 Å². The molecular weight excluding hydrogens is 310 g/mol. The van der Waals surface area contributed by atoms with Crippen molar-refractivity contribution in [1.82, 2.24) is 4.98 Å². The number of H-pyrrole nitrogens is 1. The first-order chi connectivity index (χ1) is 10.4. The highest BCUT2D eigenvalue weighted by atomic mass is 35.5. The number of ether oxygens (including phenoxy) is 1. The minimum absolute atomic E-state index is 0.0382. The van der Waals surface area contributed by atoms with Gasteiger partial charge in [-0.15, -0.1) is 0 Å². The summed E-state index contributed by atoms with van der Waals surface area (Å²) in [5.74, 6) is -2.76. The van der Waals surface area contributed by atoms with Crippen LogP contribution in [0.25, 0.3) is 16.7 Å². The number of fused-ring (bicyclic) bond motifs is 1. The van der Waals surface area contributed by atoms with Gasteiger partial charge in [0.05, 0.1) is 17.7 Å². The van der Waals surface area contributed by atoms with Gasteiger partial charge < -0.3 is 14.8 Å². The molecular formula is C15H12ClNO5. The minimum Gasteiger partial charge on any atom is -0.507 e. The van der Waals surface area contributed by atoms with Crippen LogP contribution in [0.2, 0.25) is 5.02 Å². The summed E-state index contributed by atoms with van der Waals surface area (Å²) in [5, 5.41) is 10.6.